The van der Waals surface area contributed by atoms with E-state index >= 15 is 0 Å². The highest BCUT2D eigenvalue weighted by atomic mass is 16.5. The highest BCUT2D eigenvalue weighted by Crippen LogP contribution is 2.13. The predicted molar refractivity (Wildman–Crippen MR) is 85.7 cm³/mol. The number of likely N-dealkylation sites (N-methyl/N-ethyl adjacent to an activating group) is 1. The molecule has 2 N–H and O–H groups in total. The minimum absolute atomic E-state index is 0.278. The second kappa shape index (κ2) is 7.78. The molecule has 0 unspecified atom stereocenters. The molecule has 3 atom stereocenters. The Kier molecular flexibility index (Phi) is 6.03. The molecule has 0 amide bonds. The van der Waals surface area contributed by atoms with Gasteiger partial charge in [-0.05, 0) is 51.4 Å². The number of ether oxygens (including phenoxy) is 1. The largest absolute Gasteiger partial charge is 0.508 e. The van der Waals surface area contributed by atoms with E-state index in [1.807, 2.05) is 12.1 Å². The number of hydrogen-bond donors (Lipinski definition) is 2. The van der Waals surface area contributed by atoms with Crippen LogP contribution in [0.15, 0.2) is 24.3 Å². The van der Waals surface area contributed by atoms with Gasteiger partial charge in [0.15, 0.2) is 0 Å². The summed E-state index contributed by atoms with van der Waals surface area (Å²) in [5.74, 6) is 0.331. The number of hydrogen-bond acceptors (Lipinski definition) is 4. The number of rotatable bonds is 6. The maximum Gasteiger partial charge on any atom is 0.115 e. The fraction of sp³-hybridized carbons (Fsp3) is 0.647. The Labute approximate surface area is 128 Å². The number of nitrogens with one attached hydrogen (secondary N) is 1. The number of morpholine rings is 1. The van der Waals surface area contributed by atoms with E-state index in [2.05, 4.69) is 31.1 Å². The van der Waals surface area contributed by atoms with Gasteiger partial charge < -0.3 is 20.1 Å². The molecule has 0 aromatic heterocycles. The first kappa shape index (κ1) is 16.3. The molecule has 1 aliphatic rings. The fourth-order valence-corrected chi connectivity index (χ4v) is 2.80. The highest BCUT2D eigenvalue weighted by Gasteiger charge is 2.24. The molecule has 0 spiro atoms. The summed E-state index contributed by atoms with van der Waals surface area (Å²) in [6, 6.07) is 8.30. The van der Waals surface area contributed by atoms with E-state index in [-0.39, 0.29) is 6.10 Å². The monoisotopic (exact) mass is 292 g/mol. The number of phenolic OH excluding ortho intramolecular Hbond substituents is 1. The number of aryl methyl sites for hydroxylation is 1. The lowest BCUT2D eigenvalue weighted by Crippen LogP contribution is -2.51. The molecule has 2 rings (SSSR count). The second-order valence-corrected chi connectivity index (χ2v) is 6.23. The summed E-state index contributed by atoms with van der Waals surface area (Å²) in [4.78, 5) is 2.33. The number of benzene rings is 1. The number of aromatic hydroxyl groups is 1. The van der Waals surface area contributed by atoms with E-state index in [9.17, 15) is 5.11 Å². The lowest BCUT2D eigenvalue weighted by molar-refractivity contribution is -0.0369. The van der Waals surface area contributed by atoms with Gasteiger partial charge in [0.05, 0.1) is 12.7 Å². The van der Waals surface area contributed by atoms with Crippen molar-refractivity contribution in [2.24, 2.45) is 0 Å². The van der Waals surface area contributed by atoms with E-state index < -0.39 is 0 Å². The van der Waals surface area contributed by atoms with Crippen LogP contribution in [0.3, 0.4) is 0 Å². The summed E-state index contributed by atoms with van der Waals surface area (Å²) in [6.45, 7) is 7.29. The van der Waals surface area contributed by atoms with Crippen molar-refractivity contribution >= 4 is 0 Å². The number of phenols is 1. The molecule has 1 fully saturated rings. The van der Waals surface area contributed by atoms with Crippen LogP contribution in [0, 0.1) is 0 Å². The van der Waals surface area contributed by atoms with Crippen molar-refractivity contribution in [1.82, 2.24) is 10.2 Å². The van der Waals surface area contributed by atoms with Crippen LogP contribution in [-0.4, -0.2) is 54.9 Å². The van der Waals surface area contributed by atoms with Gasteiger partial charge in [0, 0.05) is 25.2 Å². The first-order valence-corrected chi connectivity index (χ1v) is 7.88. The van der Waals surface area contributed by atoms with Crippen LogP contribution >= 0.6 is 0 Å². The van der Waals surface area contributed by atoms with E-state index in [1.54, 1.807) is 12.1 Å². The first-order valence-electron chi connectivity index (χ1n) is 7.88. The molecule has 1 aromatic carbocycles. The van der Waals surface area contributed by atoms with E-state index in [1.165, 1.54) is 5.56 Å². The maximum absolute atomic E-state index is 9.29. The summed E-state index contributed by atoms with van der Waals surface area (Å²) in [7, 11) is 2.15. The summed E-state index contributed by atoms with van der Waals surface area (Å²) in [5, 5.41) is 12.9. The van der Waals surface area contributed by atoms with Gasteiger partial charge in [-0.1, -0.05) is 12.1 Å². The standard InChI is InChI=1S/C17H28N2O2/c1-13(4-5-15-6-8-16(20)9-7-15)18-14(2)17-12-19(3)10-11-21-17/h6-9,13-14,17-18,20H,4-5,10-12H2,1-3H3/t13-,14+,17+/m1/s1. The minimum Gasteiger partial charge on any atom is -0.508 e. The Balaban J connectivity index is 1.73. The van der Waals surface area contributed by atoms with E-state index in [4.69, 9.17) is 4.74 Å². The lowest BCUT2D eigenvalue weighted by Gasteiger charge is -2.35. The van der Waals surface area contributed by atoms with Crippen LogP contribution in [0.1, 0.15) is 25.8 Å². The van der Waals surface area contributed by atoms with Crippen LogP contribution in [0.2, 0.25) is 0 Å². The van der Waals surface area contributed by atoms with E-state index in [0.29, 0.717) is 17.8 Å². The third-order valence-electron chi connectivity index (χ3n) is 4.20. The molecular weight excluding hydrogens is 264 g/mol. The molecule has 21 heavy (non-hydrogen) atoms. The Bertz CT molecular complexity index is 421. The minimum atomic E-state index is 0.278. The van der Waals surface area contributed by atoms with Gasteiger partial charge >= 0.3 is 0 Å². The zero-order valence-corrected chi connectivity index (χ0v) is 13.4. The normalized spacial score (nSPS) is 22.9. The van der Waals surface area contributed by atoms with Gasteiger partial charge in [0.1, 0.15) is 5.75 Å². The van der Waals surface area contributed by atoms with Gasteiger partial charge in [0.25, 0.3) is 0 Å². The Morgan fingerprint density at radius 3 is 2.71 bits per heavy atom. The molecule has 0 saturated carbocycles. The predicted octanol–water partition coefficient (Wildman–Crippen LogP) is 2.02. The summed E-state index contributed by atoms with van der Waals surface area (Å²) < 4.78 is 5.86. The molecule has 0 bridgehead atoms. The van der Waals surface area contributed by atoms with E-state index in [0.717, 1.165) is 32.5 Å². The quantitative estimate of drug-likeness (QED) is 0.842. The Morgan fingerprint density at radius 2 is 2.05 bits per heavy atom. The van der Waals surface area contributed by atoms with Crippen molar-refractivity contribution < 1.29 is 9.84 Å². The average Bonchev–Trinajstić information content (AvgIpc) is 2.46. The Hall–Kier alpha value is -1.10. The van der Waals surface area contributed by atoms with Crippen molar-refractivity contribution in [1.29, 1.82) is 0 Å². The van der Waals surface area contributed by atoms with Gasteiger partial charge in [-0.2, -0.15) is 0 Å². The van der Waals surface area contributed by atoms with Crippen molar-refractivity contribution in [2.75, 3.05) is 26.7 Å². The SMILES string of the molecule is C[C@H](CCc1ccc(O)cc1)N[C@@H](C)[C@@H]1CN(C)CCO1. The average molecular weight is 292 g/mol. The Morgan fingerprint density at radius 1 is 1.33 bits per heavy atom. The molecule has 1 aromatic rings. The first-order chi connectivity index (χ1) is 10.0. The van der Waals surface area contributed by atoms with Gasteiger partial charge in [-0.15, -0.1) is 0 Å². The summed E-state index contributed by atoms with van der Waals surface area (Å²) in [5.41, 5.74) is 1.27. The second-order valence-electron chi connectivity index (χ2n) is 6.23. The van der Waals surface area contributed by atoms with Crippen molar-refractivity contribution in [3.8, 4) is 5.75 Å². The molecule has 4 heteroatoms. The van der Waals surface area contributed by atoms with Gasteiger partial charge in [-0.3, -0.25) is 0 Å². The maximum atomic E-state index is 9.29. The van der Waals surface area contributed by atoms with Crippen molar-refractivity contribution in [3.05, 3.63) is 29.8 Å². The molecule has 118 valence electrons. The lowest BCUT2D eigenvalue weighted by atomic mass is 10.0. The topological polar surface area (TPSA) is 44.7 Å². The molecule has 0 radical (unpaired) electrons. The van der Waals surface area contributed by atoms with Crippen molar-refractivity contribution in [3.63, 3.8) is 0 Å². The van der Waals surface area contributed by atoms with Crippen molar-refractivity contribution in [2.45, 2.75) is 44.9 Å². The van der Waals surface area contributed by atoms with Gasteiger partial charge in [0.2, 0.25) is 0 Å². The zero-order chi connectivity index (χ0) is 15.2. The van der Waals surface area contributed by atoms with Gasteiger partial charge in [-0.25, -0.2) is 0 Å². The molecule has 1 heterocycles. The zero-order valence-electron chi connectivity index (χ0n) is 13.4. The molecule has 0 aliphatic carbocycles. The van der Waals surface area contributed by atoms with Crippen LogP contribution in [0.5, 0.6) is 5.75 Å². The molecule has 1 aliphatic heterocycles. The third-order valence-corrected chi connectivity index (χ3v) is 4.20. The summed E-state index contributed by atoms with van der Waals surface area (Å²) in [6.07, 6.45) is 2.38. The van der Waals surface area contributed by atoms with Crippen LogP contribution in [-0.2, 0) is 11.2 Å². The third kappa shape index (κ3) is 5.30. The van der Waals surface area contributed by atoms with Crippen LogP contribution < -0.4 is 5.32 Å². The highest BCUT2D eigenvalue weighted by molar-refractivity contribution is 5.25. The smallest absolute Gasteiger partial charge is 0.115 e. The molecule has 1 saturated heterocycles. The number of nitrogens with zero attached hydrogens (tertiary/aromatic N) is 1. The fourth-order valence-electron chi connectivity index (χ4n) is 2.80. The van der Waals surface area contributed by atoms with Crippen LogP contribution in [0.25, 0.3) is 0 Å². The van der Waals surface area contributed by atoms with Crippen LogP contribution in [0.4, 0.5) is 0 Å². The molecule has 4 nitrogen and oxygen atoms in total. The summed E-state index contributed by atoms with van der Waals surface area (Å²) >= 11 is 0. The molecular formula is C17H28N2O2.